The summed E-state index contributed by atoms with van der Waals surface area (Å²) in [4.78, 5) is 25.2. The first-order chi connectivity index (χ1) is 16.2. The highest BCUT2D eigenvalue weighted by Gasteiger charge is 2.31. The zero-order valence-corrected chi connectivity index (χ0v) is 22.8. The summed E-state index contributed by atoms with van der Waals surface area (Å²) in [5.74, 6) is -1.18. The van der Waals surface area contributed by atoms with Crippen LogP contribution < -0.4 is 10.4 Å². The van der Waals surface area contributed by atoms with Crippen LogP contribution in [0.3, 0.4) is 0 Å². The summed E-state index contributed by atoms with van der Waals surface area (Å²) in [6, 6.07) is 7.02. The van der Waals surface area contributed by atoms with E-state index in [1.165, 1.54) is 11.8 Å². The van der Waals surface area contributed by atoms with Crippen LogP contribution in [0.1, 0.15) is 53.0 Å². The lowest BCUT2D eigenvalue weighted by Gasteiger charge is -2.20. The minimum atomic E-state index is -3.64. The van der Waals surface area contributed by atoms with Gasteiger partial charge in [0.1, 0.15) is 10.5 Å². The van der Waals surface area contributed by atoms with Gasteiger partial charge in [-0.05, 0) is 66.2 Å². The molecule has 3 rings (SSSR count). The van der Waals surface area contributed by atoms with Crippen molar-refractivity contribution in [3.05, 3.63) is 51.7 Å². The SMILES string of the molecule is COP(=O)(Nc1cc(-c2c(C)nn(C(=O)OC(C)(C)C)c2C)sc1C(=O)O)c1ccc(C)cc1C. The fourth-order valence-electron chi connectivity index (χ4n) is 3.74. The summed E-state index contributed by atoms with van der Waals surface area (Å²) in [5, 5.41) is 17.5. The Labute approximate surface area is 208 Å². The number of carboxylic acid groups (broad SMARTS) is 1. The molecule has 0 bridgehead atoms. The molecule has 2 N–H and O–H groups in total. The number of hydrogen-bond acceptors (Lipinski definition) is 7. The maximum Gasteiger partial charge on any atom is 0.435 e. The number of benzene rings is 1. The van der Waals surface area contributed by atoms with E-state index in [-0.39, 0.29) is 10.6 Å². The van der Waals surface area contributed by atoms with E-state index in [1.54, 1.807) is 46.8 Å². The number of carbonyl (C=O) groups excluding carboxylic acids is 1. The molecule has 0 aliphatic rings. The largest absolute Gasteiger partial charge is 0.477 e. The molecule has 0 radical (unpaired) electrons. The van der Waals surface area contributed by atoms with Crippen molar-refractivity contribution in [1.29, 1.82) is 0 Å². The second-order valence-electron chi connectivity index (χ2n) is 9.23. The van der Waals surface area contributed by atoms with E-state index in [9.17, 15) is 19.3 Å². The highest BCUT2D eigenvalue weighted by molar-refractivity contribution is 7.68. The van der Waals surface area contributed by atoms with Gasteiger partial charge in [-0.15, -0.1) is 11.3 Å². The monoisotopic (exact) mass is 519 g/mol. The zero-order chi connectivity index (χ0) is 26.3. The zero-order valence-electron chi connectivity index (χ0n) is 21.0. The van der Waals surface area contributed by atoms with Gasteiger partial charge >= 0.3 is 19.6 Å². The quantitative estimate of drug-likeness (QED) is 0.386. The molecule has 188 valence electrons. The van der Waals surface area contributed by atoms with Gasteiger partial charge in [-0.2, -0.15) is 9.78 Å². The summed E-state index contributed by atoms with van der Waals surface area (Å²) in [5.41, 5.74) is 2.87. The van der Waals surface area contributed by atoms with Gasteiger partial charge in [0.2, 0.25) is 0 Å². The highest BCUT2D eigenvalue weighted by atomic mass is 32.1. The Hall–Kier alpha value is -2.94. The molecule has 3 aromatic rings. The van der Waals surface area contributed by atoms with Gasteiger partial charge in [0.05, 0.1) is 22.4 Å². The molecular formula is C24H30N3O6PS. The molecule has 1 aromatic carbocycles. The molecule has 0 aliphatic carbocycles. The Bertz CT molecular complexity index is 1350. The molecule has 0 fully saturated rings. The molecule has 0 saturated heterocycles. The number of carbonyl (C=O) groups is 2. The van der Waals surface area contributed by atoms with Crippen LogP contribution in [-0.2, 0) is 13.8 Å². The number of aromatic nitrogens is 2. The van der Waals surface area contributed by atoms with Crippen molar-refractivity contribution in [1.82, 2.24) is 9.78 Å². The van der Waals surface area contributed by atoms with Crippen molar-refractivity contribution in [2.45, 2.75) is 54.1 Å². The Morgan fingerprint density at radius 3 is 2.34 bits per heavy atom. The van der Waals surface area contributed by atoms with Gasteiger partial charge in [-0.1, -0.05) is 17.7 Å². The summed E-state index contributed by atoms with van der Waals surface area (Å²) in [6.45, 7) is 12.5. The van der Waals surface area contributed by atoms with Crippen molar-refractivity contribution < 1.29 is 28.5 Å². The first-order valence-electron chi connectivity index (χ1n) is 10.9. The summed E-state index contributed by atoms with van der Waals surface area (Å²) < 4.78 is 25.8. The minimum absolute atomic E-state index is 0.0362. The van der Waals surface area contributed by atoms with Crippen LogP contribution in [0.15, 0.2) is 24.3 Å². The van der Waals surface area contributed by atoms with Crippen LogP contribution in [0, 0.1) is 27.7 Å². The van der Waals surface area contributed by atoms with Gasteiger partial charge in [-0.3, -0.25) is 4.57 Å². The second-order valence-corrected chi connectivity index (χ2v) is 12.5. The number of aryl methyl sites for hydroxylation is 3. The van der Waals surface area contributed by atoms with Crippen LogP contribution in [0.5, 0.6) is 0 Å². The Morgan fingerprint density at radius 1 is 1.14 bits per heavy atom. The minimum Gasteiger partial charge on any atom is -0.477 e. The first kappa shape index (κ1) is 26.7. The number of carboxylic acids is 1. The number of nitrogens with one attached hydrogen (secondary N) is 1. The lowest BCUT2D eigenvalue weighted by Crippen LogP contribution is -2.28. The van der Waals surface area contributed by atoms with Crippen molar-refractivity contribution in [3.8, 4) is 10.4 Å². The fraction of sp³-hybridized carbons (Fsp3) is 0.375. The number of aromatic carboxylic acids is 1. The number of hydrogen-bond donors (Lipinski definition) is 2. The second kappa shape index (κ2) is 9.60. The lowest BCUT2D eigenvalue weighted by molar-refractivity contribution is 0.0510. The Kier molecular flexibility index (Phi) is 7.32. The number of nitrogens with zero attached hydrogens (tertiary/aromatic N) is 2. The van der Waals surface area contributed by atoms with Gasteiger partial charge in [0, 0.05) is 17.6 Å². The average molecular weight is 520 g/mol. The number of anilines is 1. The molecule has 9 nitrogen and oxygen atoms in total. The number of rotatable bonds is 6. The molecule has 2 aromatic heterocycles. The highest BCUT2D eigenvalue weighted by Crippen LogP contribution is 2.49. The molecule has 35 heavy (non-hydrogen) atoms. The summed E-state index contributed by atoms with van der Waals surface area (Å²) in [6.07, 6.45) is -0.628. The molecule has 0 aliphatic heterocycles. The number of thiophene rings is 1. The smallest absolute Gasteiger partial charge is 0.435 e. The molecule has 1 atom stereocenters. The molecule has 2 heterocycles. The maximum absolute atomic E-state index is 13.8. The van der Waals surface area contributed by atoms with Crippen LogP contribution in [0.2, 0.25) is 0 Å². The van der Waals surface area contributed by atoms with E-state index in [0.717, 1.165) is 22.5 Å². The standard InChI is InChI=1S/C24H30N3O6PS/c1-13-9-10-18(14(2)11-13)34(31,32-8)26-17-12-19(35-21(17)22(28)29)20-15(3)25-27(16(20)4)23(30)33-24(5,6)7/h9-12H,1-8H3,(H,26,31)(H,28,29). The maximum atomic E-state index is 13.8. The van der Waals surface area contributed by atoms with E-state index in [0.29, 0.717) is 27.1 Å². The summed E-state index contributed by atoms with van der Waals surface area (Å²) in [7, 11) is -2.32. The van der Waals surface area contributed by atoms with Crippen molar-refractivity contribution in [3.63, 3.8) is 0 Å². The third kappa shape index (κ3) is 5.50. The molecule has 0 spiro atoms. The molecule has 0 saturated carbocycles. The Morgan fingerprint density at radius 2 is 1.80 bits per heavy atom. The molecular weight excluding hydrogens is 489 g/mol. The number of ether oxygens (including phenoxy) is 1. The van der Waals surface area contributed by atoms with Crippen molar-refractivity contribution in [2.75, 3.05) is 12.2 Å². The third-order valence-corrected chi connectivity index (χ3v) is 8.55. The lowest BCUT2D eigenvalue weighted by atomic mass is 10.1. The van der Waals surface area contributed by atoms with Gasteiger partial charge in [-0.25, -0.2) is 9.59 Å². The van der Waals surface area contributed by atoms with E-state index in [2.05, 4.69) is 10.2 Å². The molecule has 0 amide bonds. The van der Waals surface area contributed by atoms with Crippen molar-refractivity contribution in [2.24, 2.45) is 0 Å². The molecule has 1 unspecified atom stereocenters. The van der Waals surface area contributed by atoms with Crippen LogP contribution in [0.25, 0.3) is 10.4 Å². The third-order valence-electron chi connectivity index (χ3n) is 5.22. The van der Waals surface area contributed by atoms with Gasteiger partial charge in [0.25, 0.3) is 0 Å². The van der Waals surface area contributed by atoms with Crippen LogP contribution >= 0.6 is 18.9 Å². The van der Waals surface area contributed by atoms with Crippen LogP contribution in [-0.4, -0.2) is 39.7 Å². The van der Waals surface area contributed by atoms with E-state index in [1.807, 2.05) is 26.0 Å². The topological polar surface area (TPSA) is 120 Å². The summed E-state index contributed by atoms with van der Waals surface area (Å²) >= 11 is 0.996. The predicted octanol–water partition coefficient (Wildman–Crippen LogP) is 5.90. The van der Waals surface area contributed by atoms with E-state index in [4.69, 9.17) is 9.26 Å². The fourth-order valence-corrected chi connectivity index (χ4v) is 6.62. The first-order valence-corrected chi connectivity index (χ1v) is 13.3. The van der Waals surface area contributed by atoms with E-state index < -0.39 is 25.2 Å². The van der Waals surface area contributed by atoms with Crippen LogP contribution in [0.4, 0.5) is 10.5 Å². The van der Waals surface area contributed by atoms with Gasteiger partial charge in [0.15, 0.2) is 0 Å². The van der Waals surface area contributed by atoms with Gasteiger partial charge < -0.3 is 19.5 Å². The van der Waals surface area contributed by atoms with E-state index >= 15 is 0 Å². The average Bonchev–Trinajstić information content (AvgIpc) is 3.26. The predicted molar refractivity (Wildman–Crippen MR) is 137 cm³/mol. The molecule has 11 heteroatoms. The van der Waals surface area contributed by atoms with Crippen molar-refractivity contribution >= 4 is 41.9 Å². The normalized spacial score (nSPS) is 13.4. The Balaban J connectivity index is 2.08.